The van der Waals surface area contributed by atoms with Gasteiger partial charge in [-0.3, -0.25) is 19.2 Å². The number of aryl methyl sites for hydroxylation is 3. The fraction of sp³-hybridized carbons (Fsp3) is 0.663. The number of ether oxygens (including phenoxy) is 8. The van der Waals surface area contributed by atoms with E-state index in [1.54, 1.807) is 32.0 Å². The number of phenols is 1. The zero-order valence-electron chi connectivity index (χ0n) is 80.5. The summed E-state index contributed by atoms with van der Waals surface area (Å²) in [5.74, 6) is -1.89. The van der Waals surface area contributed by atoms with E-state index < -0.39 is 149 Å². The van der Waals surface area contributed by atoms with Crippen molar-refractivity contribution in [1.29, 1.82) is 0 Å². The SMILES string of the molecule is C[C@@H]1[C@@H]2CN(C(=O)[C@H](C(C)(C)C)CC(=O)O[C@]3(C)C[C@H]3CCCCCc3nc4ccc(O)cc4nc3O2)[C@@H]1[C-]=O.C[C@@H]1[C@@H]2CN(C(=O)[C@H](C(C)(C)C)NC(=O)O[C@@H]3CC4CC4[C@H]3CCCCCc3nc4ccc(OC(F)(F)F)cc4nc3O2)[C@@H]1[C-]=O.C[C@@H]1[C@@H]2CN(C(=O)[C@H](C(C)(C)C)NC(=O)O[C@]3(C)CCC[C@H]3CCCCCc3nc4ccc(OC(F)(F)F)cc4nc3O2)[C@@H]1[C-]=O.FC(F)F.[V].[V].[V]. The molecule has 16 rings (SSSR count). The molecule has 139 heavy (non-hydrogen) atoms. The molecule has 6 bridgehead atoms. The smallest absolute Gasteiger partial charge is 0.540 e. The molecule has 5 amide bonds. The molecule has 7 fully saturated rings. The zero-order valence-corrected chi connectivity index (χ0v) is 84.7. The van der Waals surface area contributed by atoms with E-state index in [2.05, 4.69) is 36.4 Å². The number of phenolic OH excluding ortho intramolecular Hbond substituents is 1. The molecule has 6 aromatic rings. The van der Waals surface area contributed by atoms with Gasteiger partial charge < -0.3 is 82.7 Å². The molecule has 4 saturated carbocycles. The number of hydrogen-bond acceptors (Lipinski definition) is 24. The Morgan fingerprint density at radius 2 is 0.849 bits per heavy atom. The zero-order chi connectivity index (χ0) is 98.8. The third kappa shape index (κ3) is 27.7. The molecule has 20 atom stereocenters. The Bertz CT molecular complexity index is 5250. The number of aromatic nitrogens is 6. The number of alkyl carbamates (subject to hydrolysis) is 2. The van der Waals surface area contributed by atoms with E-state index >= 15 is 0 Å². The van der Waals surface area contributed by atoms with Gasteiger partial charge >= 0.3 is 37.6 Å². The summed E-state index contributed by atoms with van der Waals surface area (Å²) in [5.41, 5.74) is 0.963. The summed E-state index contributed by atoms with van der Waals surface area (Å²) in [6.45, 7) is 22.6. The van der Waals surface area contributed by atoms with Crippen LogP contribution in [-0.4, -0.2) is 209 Å². The van der Waals surface area contributed by atoms with Crippen LogP contribution in [0.2, 0.25) is 0 Å². The molecule has 29 nitrogen and oxygen atoms in total. The Balaban J connectivity index is 0.000000209. The Morgan fingerprint density at radius 3 is 1.27 bits per heavy atom. The average Bonchev–Trinajstić information content (AvgIpc) is 1.59. The van der Waals surface area contributed by atoms with Gasteiger partial charge in [-0.1, -0.05) is 140 Å². The van der Waals surface area contributed by atoms with Crippen molar-refractivity contribution >= 4 is 87.8 Å². The third-order valence-electron chi connectivity index (χ3n) is 28.6. The number of rotatable bonds is 5. The van der Waals surface area contributed by atoms with Crippen molar-refractivity contribution in [2.45, 2.75) is 323 Å². The van der Waals surface area contributed by atoms with E-state index in [-0.39, 0.29) is 146 Å². The molecule has 3 aromatic carbocycles. The van der Waals surface area contributed by atoms with E-state index in [1.807, 2.05) is 95.7 Å². The molecule has 4 aliphatic carbocycles. The number of amides is 5. The van der Waals surface area contributed by atoms with Crippen molar-refractivity contribution < 1.29 is 181 Å². The fourth-order valence-corrected chi connectivity index (χ4v) is 20.7. The van der Waals surface area contributed by atoms with E-state index in [9.17, 15) is 87.8 Å². The van der Waals surface area contributed by atoms with Crippen LogP contribution in [0.3, 0.4) is 0 Å². The number of carbonyl (C=O) groups excluding carboxylic acids is 9. The first kappa shape index (κ1) is 112. The minimum absolute atomic E-state index is 0. The third-order valence-corrected chi connectivity index (χ3v) is 28.6. The van der Waals surface area contributed by atoms with Gasteiger partial charge in [0.15, 0.2) is 0 Å². The number of fused-ring (bicyclic) bond motifs is 17. The maximum atomic E-state index is 14.1. The first-order chi connectivity index (χ1) is 63.9. The van der Waals surface area contributed by atoms with Crippen molar-refractivity contribution in [1.82, 2.24) is 55.2 Å². The molecule has 3 N–H and O–H groups in total. The maximum Gasteiger partial charge on any atom is 0.573 e. The van der Waals surface area contributed by atoms with Gasteiger partial charge in [0.2, 0.25) is 35.4 Å². The van der Waals surface area contributed by atoms with Crippen LogP contribution in [0, 0.1) is 69.5 Å². The quantitative estimate of drug-likeness (QED) is 0.0624. The summed E-state index contributed by atoms with van der Waals surface area (Å²) in [4.78, 5) is 151. The number of alkyl halides is 9. The van der Waals surface area contributed by atoms with E-state index in [1.165, 1.54) is 39.0 Å². The molecule has 2 unspecified atom stereocenters. The predicted octanol–water partition coefficient (Wildman–Crippen LogP) is 17.3. The molecule has 3 radical (unpaired) electrons. The summed E-state index contributed by atoms with van der Waals surface area (Å²) in [7, 11) is 0. The van der Waals surface area contributed by atoms with Gasteiger partial charge in [0, 0.05) is 79.8 Å². The van der Waals surface area contributed by atoms with Crippen molar-refractivity contribution in [3.63, 3.8) is 0 Å². The number of benzene rings is 3. The van der Waals surface area contributed by atoms with Crippen molar-refractivity contribution in [3.05, 3.63) is 71.7 Å². The van der Waals surface area contributed by atoms with Crippen molar-refractivity contribution in [2.24, 2.45) is 69.5 Å². The summed E-state index contributed by atoms with van der Waals surface area (Å²) < 4.78 is 152. The minimum Gasteiger partial charge on any atom is -0.540 e. The minimum atomic E-state index is -4.87. The number of nitrogens with zero attached hydrogens (tertiary/aromatic N) is 9. The predicted molar refractivity (Wildman–Crippen MR) is 477 cm³/mol. The fourth-order valence-electron chi connectivity index (χ4n) is 20.7. The summed E-state index contributed by atoms with van der Waals surface area (Å²) >= 11 is 0. The van der Waals surface area contributed by atoms with Crippen LogP contribution in [-0.2, 0) is 123 Å². The van der Waals surface area contributed by atoms with Gasteiger partial charge in [-0.05, 0) is 204 Å². The molecule has 41 heteroatoms. The van der Waals surface area contributed by atoms with E-state index in [0.29, 0.717) is 76.4 Å². The maximum absolute atomic E-state index is 14.1. The normalized spacial score (nSPS) is 30.0. The first-order valence-corrected chi connectivity index (χ1v) is 47.2. The number of nitrogens with one attached hydrogen (secondary N) is 2. The Hall–Kier alpha value is -8.97. The Morgan fingerprint density at radius 1 is 0.453 bits per heavy atom. The summed E-state index contributed by atoms with van der Waals surface area (Å²) in [6, 6.07) is 7.68. The second kappa shape index (κ2) is 45.7. The molecular weight excluding hydrogens is 1940 g/mol. The number of carbonyl (C=O) groups is 6. The van der Waals surface area contributed by atoms with Gasteiger partial charge in [-0.25, -0.2) is 58.4 Å². The second-order valence-corrected chi connectivity index (χ2v) is 41.7. The number of hydrogen-bond donors (Lipinski definition) is 3. The Labute approximate surface area is 838 Å². The Kier molecular flexibility index (Phi) is 36.9. The van der Waals surface area contributed by atoms with E-state index in [0.717, 1.165) is 133 Å². The van der Waals surface area contributed by atoms with E-state index in [4.69, 9.17) is 48.4 Å². The number of esters is 1. The molecule has 6 aliphatic heterocycles. The molecular formula is C98H123F9N11O18V3-3. The molecule has 3 aromatic heterocycles. The van der Waals surface area contributed by atoms with Crippen LogP contribution in [0.15, 0.2) is 54.6 Å². The number of halogens is 9. The van der Waals surface area contributed by atoms with Crippen LogP contribution in [0.4, 0.5) is 49.1 Å². The van der Waals surface area contributed by atoms with Gasteiger partial charge in [-0.2, -0.15) is 13.2 Å². The molecule has 9 heterocycles. The van der Waals surface area contributed by atoms with Crippen LogP contribution in [0.1, 0.15) is 236 Å². The molecule has 10 aliphatic rings. The van der Waals surface area contributed by atoms with Gasteiger partial charge in [-0.15, -0.1) is 26.3 Å². The van der Waals surface area contributed by atoms with Crippen LogP contribution < -0.4 is 34.3 Å². The largest absolute Gasteiger partial charge is 0.573 e. The number of aromatic hydroxyl groups is 1. The van der Waals surface area contributed by atoms with Crippen LogP contribution in [0.5, 0.6) is 34.9 Å². The van der Waals surface area contributed by atoms with Crippen molar-refractivity contribution in [3.8, 4) is 34.9 Å². The summed E-state index contributed by atoms with van der Waals surface area (Å²) in [6.07, 6.45) is 10.6. The molecule has 0 spiro atoms. The topological polar surface area (TPSA) is 359 Å². The van der Waals surface area contributed by atoms with Crippen molar-refractivity contribution in [2.75, 3.05) is 19.6 Å². The van der Waals surface area contributed by atoms with Crippen LogP contribution in [0.25, 0.3) is 33.1 Å². The summed E-state index contributed by atoms with van der Waals surface area (Å²) in [5, 5.41) is 15.6. The standard InChI is InChI=1S/C33H40F3N4O6.C33H42F3N4O6.C31H40N3O6.CHF3.3V/c1-17-25(16-41)40-15-27(17)44-29-23(37-22-11-10-19(14-24(22)38-29)46-33(34,35)36)9-7-5-6-8-20-21-12-18(21)13-26(20)45-31(43)39-28(30(40)42)32(2,3)4;1-19-25(18-41)40-17-26(19)44-28-23(37-22-14-13-21(16-24(22)38-28)45-33(34,35)36)12-8-6-7-10-20-11-9-15-32(20,5)46-30(43)39-27(29(40)42)31(2,3)4;1-18-25(17-35)34-16-26(18)39-28-23(32-22-12-11-20(36)13-24(22)33-28)10-8-6-7-9-19-15-31(19,5)40-27(37)14-21(29(34)38)30(2,3)4;2-1(3)4;;;/h10-11,14,17-18,20-21,25-28H,5-9,12-13,15H2,1-4H3,(H,39,43);13-14,16,19-20,25-27H,6-12,15,17H2,1-5H3,(H,39,43);11-13,18-19,21,25-26,36H,6-10,14-16H2,1-5H3;1H;;;/q3*-1;;;;/t17-,18?,20+,21?,25+,26+,27-,28+;19-,20+,25+,26-,27+,32+;18-,19+,21+,25+,26-,31+;;;;/m000..../s1. The second-order valence-electron chi connectivity index (χ2n) is 41.7. The van der Waals surface area contributed by atoms with Crippen LogP contribution >= 0.6 is 0 Å². The monoisotopic (exact) mass is 2070 g/mol. The van der Waals surface area contributed by atoms with Gasteiger partial charge in [0.1, 0.15) is 82.0 Å². The molecule has 759 valence electrons. The van der Waals surface area contributed by atoms with Gasteiger partial charge in [0.05, 0.1) is 65.1 Å². The van der Waals surface area contributed by atoms with Gasteiger partial charge in [0.25, 0.3) is 0 Å². The molecule has 3 saturated heterocycles. The average molecular weight is 2070 g/mol. The first-order valence-electron chi connectivity index (χ1n) is 47.2.